The van der Waals surface area contributed by atoms with Crippen LogP contribution >= 0.6 is 0 Å². The van der Waals surface area contributed by atoms with Crippen molar-refractivity contribution in [3.8, 4) is 0 Å². The highest BCUT2D eigenvalue weighted by Gasteiger charge is 2.41. The van der Waals surface area contributed by atoms with Gasteiger partial charge in [0.25, 0.3) is 0 Å². The van der Waals surface area contributed by atoms with Gasteiger partial charge in [0.05, 0.1) is 5.41 Å². The van der Waals surface area contributed by atoms with Gasteiger partial charge in [-0.2, -0.15) is 0 Å². The van der Waals surface area contributed by atoms with E-state index in [0.717, 1.165) is 6.42 Å². The molecule has 0 aliphatic heterocycles. The molecule has 92 valence electrons. The Morgan fingerprint density at radius 1 is 1.41 bits per heavy atom. The highest BCUT2D eigenvalue weighted by molar-refractivity contribution is 5.82. The molecule has 0 saturated heterocycles. The largest absolute Gasteiger partial charge is 0.352 e. The molecule has 2 rings (SSSR count). The van der Waals surface area contributed by atoms with Crippen molar-refractivity contribution in [1.29, 1.82) is 0 Å². The van der Waals surface area contributed by atoms with Crippen LogP contribution in [-0.4, -0.2) is 18.5 Å². The molecule has 1 aromatic carbocycles. The quantitative estimate of drug-likeness (QED) is 0.829. The summed E-state index contributed by atoms with van der Waals surface area (Å²) in [6, 6.07) is 10.6. The molecule has 1 fully saturated rings. The maximum atomic E-state index is 11.9. The van der Waals surface area contributed by atoms with E-state index in [2.05, 4.69) is 17.4 Å². The molecular formula is C14H20N2O. The van der Waals surface area contributed by atoms with E-state index in [-0.39, 0.29) is 11.9 Å². The summed E-state index contributed by atoms with van der Waals surface area (Å²) < 4.78 is 0. The van der Waals surface area contributed by atoms with Crippen molar-refractivity contribution in [2.24, 2.45) is 11.1 Å². The maximum absolute atomic E-state index is 11.9. The van der Waals surface area contributed by atoms with Crippen molar-refractivity contribution in [3.63, 3.8) is 0 Å². The van der Waals surface area contributed by atoms with Gasteiger partial charge in [-0.3, -0.25) is 4.79 Å². The van der Waals surface area contributed by atoms with E-state index >= 15 is 0 Å². The van der Waals surface area contributed by atoms with Gasteiger partial charge in [-0.15, -0.1) is 0 Å². The Labute approximate surface area is 102 Å². The molecule has 3 N–H and O–H groups in total. The Balaban J connectivity index is 1.91. The Bertz CT molecular complexity index is 400. The van der Waals surface area contributed by atoms with Gasteiger partial charge in [0, 0.05) is 18.5 Å². The van der Waals surface area contributed by atoms with Crippen LogP contribution < -0.4 is 11.1 Å². The van der Waals surface area contributed by atoms with Crippen LogP contribution in [0.4, 0.5) is 0 Å². The molecule has 17 heavy (non-hydrogen) atoms. The van der Waals surface area contributed by atoms with E-state index in [1.165, 1.54) is 5.56 Å². The summed E-state index contributed by atoms with van der Waals surface area (Å²) in [6.07, 6.45) is 1.04. The summed E-state index contributed by atoms with van der Waals surface area (Å²) in [5.74, 6) is 0.539. The highest BCUT2D eigenvalue weighted by Crippen LogP contribution is 2.41. The first-order valence-electron chi connectivity index (χ1n) is 6.10. The lowest BCUT2D eigenvalue weighted by atomic mass is 9.92. The number of nitrogens with two attached hydrogens (primary N) is 1. The third-order valence-electron chi connectivity index (χ3n) is 3.46. The Morgan fingerprint density at radius 2 is 2.06 bits per heavy atom. The fourth-order valence-electron chi connectivity index (χ4n) is 1.88. The number of rotatable bonds is 4. The number of carbonyl (C=O) groups excluding carboxylic acids is 1. The zero-order chi connectivity index (χ0) is 12.5. The normalized spacial score (nSPS) is 23.2. The lowest BCUT2D eigenvalue weighted by Gasteiger charge is -2.21. The van der Waals surface area contributed by atoms with Crippen molar-refractivity contribution in [1.82, 2.24) is 5.32 Å². The van der Waals surface area contributed by atoms with Crippen LogP contribution in [0.5, 0.6) is 0 Å². The van der Waals surface area contributed by atoms with Crippen molar-refractivity contribution in [2.75, 3.05) is 6.54 Å². The zero-order valence-corrected chi connectivity index (χ0v) is 10.4. The Hall–Kier alpha value is -1.35. The molecule has 2 unspecified atom stereocenters. The molecule has 0 spiro atoms. The van der Waals surface area contributed by atoms with Gasteiger partial charge in [0.2, 0.25) is 5.91 Å². The van der Waals surface area contributed by atoms with Gasteiger partial charge in [-0.25, -0.2) is 0 Å². The van der Waals surface area contributed by atoms with Crippen LogP contribution in [0, 0.1) is 5.41 Å². The fraction of sp³-hybridized carbons (Fsp3) is 0.500. The SMILES string of the molecule is CC(C)(CN)C(=O)NC1CC1c1ccccc1. The predicted molar refractivity (Wildman–Crippen MR) is 68.6 cm³/mol. The monoisotopic (exact) mass is 232 g/mol. The van der Waals surface area contributed by atoms with E-state index in [0.29, 0.717) is 12.5 Å². The Kier molecular flexibility index (Phi) is 3.20. The molecule has 2 atom stereocenters. The summed E-state index contributed by atoms with van der Waals surface area (Å²) in [6.45, 7) is 4.13. The second-order valence-corrected chi connectivity index (χ2v) is 5.42. The van der Waals surface area contributed by atoms with Gasteiger partial charge >= 0.3 is 0 Å². The van der Waals surface area contributed by atoms with Crippen molar-refractivity contribution < 1.29 is 4.79 Å². The van der Waals surface area contributed by atoms with Gasteiger partial charge in [0.1, 0.15) is 0 Å². The topological polar surface area (TPSA) is 55.1 Å². The van der Waals surface area contributed by atoms with Crippen molar-refractivity contribution in [3.05, 3.63) is 35.9 Å². The second-order valence-electron chi connectivity index (χ2n) is 5.42. The molecule has 3 heteroatoms. The summed E-state index contributed by atoms with van der Waals surface area (Å²) in [5.41, 5.74) is 6.43. The van der Waals surface area contributed by atoms with E-state index < -0.39 is 5.41 Å². The summed E-state index contributed by atoms with van der Waals surface area (Å²) in [5, 5.41) is 3.07. The minimum Gasteiger partial charge on any atom is -0.352 e. The van der Waals surface area contributed by atoms with Gasteiger partial charge in [-0.05, 0) is 25.8 Å². The summed E-state index contributed by atoms with van der Waals surface area (Å²) in [7, 11) is 0. The van der Waals surface area contributed by atoms with Crippen LogP contribution in [0.1, 0.15) is 31.7 Å². The van der Waals surface area contributed by atoms with E-state index in [1.54, 1.807) is 0 Å². The third-order valence-corrected chi connectivity index (χ3v) is 3.46. The van der Waals surface area contributed by atoms with Crippen molar-refractivity contribution in [2.45, 2.75) is 32.2 Å². The molecule has 1 aromatic rings. The minimum absolute atomic E-state index is 0.0587. The first-order valence-corrected chi connectivity index (χ1v) is 6.10. The maximum Gasteiger partial charge on any atom is 0.227 e. The van der Waals surface area contributed by atoms with Crippen LogP contribution in [-0.2, 0) is 4.79 Å². The first kappa shape index (κ1) is 12.1. The number of hydrogen-bond donors (Lipinski definition) is 2. The molecule has 0 radical (unpaired) electrons. The van der Waals surface area contributed by atoms with Crippen LogP contribution in [0.25, 0.3) is 0 Å². The molecular weight excluding hydrogens is 212 g/mol. The van der Waals surface area contributed by atoms with Crippen LogP contribution in [0.3, 0.4) is 0 Å². The number of amides is 1. The minimum atomic E-state index is -0.468. The molecule has 1 saturated carbocycles. The fourth-order valence-corrected chi connectivity index (χ4v) is 1.88. The molecule has 3 nitrogen and oxygen atoms in total. The first-order chi connectivity index (χ1) is 8.04. The van der Waals surface area contributed by atoms with E-state index in [4.69, 9.17) is 5.73 Å². The predicted octanol–water partition coefficient (Wildman–Crippen LogP) is 1.64. The van der Waals surface area contributed by atoms with Crippen LogP contribution in [0.15, 0.2) is 30.3 Å². The smallest absolute Gasteiger partial charge is 0.227 e. The van der Waals surface area contributed by atoms with E-state index in [9.17, 15) is 4.79 Å². The second kappa shape index (κ2) is 4.49. The standard InChI is InChI=1S/C14H20N2O/c1-14(2,9-15)13(17)16-12-8-11(12)10-6-4-3-5-7-10/h3-7,11-12H,8-9,15H2,1-2H3,(H,16,17). The molecule has 0 bridgehead atoms. The average Bonchev–Trinajstić information content (AvgIpc) is 3.09. The zero-order valence-electron chi connectivity index (χ0n) is 10.4. The van der Waals surface area contributed by atoms with Gasteiger partial charge in [0.15, 0.2) is 0 Å². The molecule has 1 aliphatic carbocycles. The van der Waals surface area contributed by atoms with Gasteiger partial charge in [-0.1, -0.05) is 30.3 Å². The summed E-state index contributed by atoms with van der Waals surface area (Å²) >= 11 is 0. The molecule has 0 aromatic heterocycles. The van der Waals surface area contributed by atoms with E-state index in [1.807, 2.05) is 32.0 Å². The lowest BCUT2D eigenvalue weighted by molar-refractivity contribution is -0.129. The third kappa shape index (κ3) is 2.67. The number of benzene rings is 1. The van der Waals surface area contributed by atoms with Crippen molar-refractivity contribution >= 4 is 5.91 Å². The Morgan fingerprint density at radius 3 is 2.65 bits per heavy atom. The number of carbonyl (C=O) groups is 1. The van der Waals surface area contributed by atoms with Crippen LogP contribution in [0.2, 0.25) is 0 Å². The highest BCUT2D eigenvalue weighted by atomic mass is 16.2. The average molecular weight is 232 g/mol. The summed E-state index contributed by atoms with van der Waals surface area (Å²) in [4.78, 5) is 11.9. The van der Waals surface area contributed by atoms with Gasteiger partial charge < -0.3 is 11.1 Å². The molecule has 0 heterocycles. The molecule has 1 aliphatic rings. The molecule has 1 amide bonds. The number of hydrogen-bond acceptors (Lipinski definition) is 2. The lowest BCUT2D eigenvalue weighted by Crippen LogP contribution is -2.42. The number of nitrogens with one attached hydrogen (secondary N) is 1.